The Kier molecular flexibility index (Phi) is 3.79. The van der Waals surface area contributed by atoms with E-state index in [9.17, 15) is 9.90 Å². The summed E-state index contributed by atoms with van der Waals surface area (Å²) in [6.45, 7) is 1.58. The number of hydrogen-bond acceptors (Lipinski definition) is 3. The first-order valence-electron chi connectivity index (χ1n) is 5.73. The van der Waals surface area contributed by atoms with Crippen LogP contribution >= 0.6 is 0 Å². The highest BCUT2D eigenvalue weighted by Gasteiger charge is 2.17. The molecule has 1 atom stereocenters. The van der Waals surface area contributed by atoms with Crippen molar-refractivity contribution >= 4 is 5.91 Å². The molecule has 0 aliphatic heterocycles. The summed E-state index contributed by atoms with van der Waals surface area (Å²) in [4.78, 5) is 12.0. The third-order valence-corrected chi connectivity index (χ3v) is 2.79. The Morgan fingerprint density at radius 2 is 2.06 bits per heavy atom. The van der Waals surface area contributed by atoms with Crippen molar-refractivity contribution < 1.29 is 14.3 Å². The lowest BCUT2D eigenvalue weighted by atomic mass is 10.1. The van der Waals surface area contributed by atoms with Crippen LogP contribution in [0.25, 0.3) is 0 Å². The van der Waals surface area contributed by atoms with Gasteiger partial charge in [0.25, 0.3) is 5.91 Å². The summed E-state index contributed by atoms with van der Waals surface area (Å²) in [6, 6.07) is 10.6. The molecular weight excluding hydrogens is 230 g/mol. The average molecular weight is 245 g/mol. The second kappa shape index (κ2) is 5.51. The molecule has 0 aliphatic carbocycles. The van der Waals surface area contributed by atoms with Gasteiger partial charge in [0, 0.05) is 0 Å². The molecule has 2 aromatic rings. The summed E-state index contributed by atoms with van der Waals surface area (Å²) in [7, 11) is 0. The van der Waals surface area contributed by atoms with Crippen LogP contribution in [0.2, 0.25) is 0 Å². The van der Waals surface area contributed by atoms with Crippen molar-refractivity contribution in [2.75, 3.05) is 6.61 Å². The fourth-order valence-corrected chi connectivity index (χ4v) is 1.78. The summed E-state index contributed by atoms with van der Waals surface area (Å²) < 4.78 is 5.08. The molecule has 1 heterocycles. The number of carbonyl (C=O) groups is 1. The number of aliphatic hydroxyl groups excluding tert-OH is 1. The lowest BCUT2D eigenvalue weighted by Crippen LogP contribution is -2.30. The normalized spacial score (nSPS) is 12.1. The van der Waals surface area contributed by atoms with Gasteiger partial charge in [0.1, 0.15) is 5.76 Å². The molecule has 94 valence electrons. The van der Waals surface area contributed by atoms with Gasteiger partial charge < -0.3 is 14.8 Å². The highest BCUT2D eigenvalue weighted by atomic mass is 16.3. The Morgan fingerprint density at radius 3 is 2.61 bits per heavy atom. The van der Waals surface area contributed by atoms with Gasteiger partial charge in [-0.3, -0.25) is 4.79 Å². The van der Waals surface area contributed by atoms with E-state index in [-0.39, 0.29) is 12.5 Å². The minimum Gasteiger partial charge on any atom is -0.469 e. The molecule has 4 heteroatoms. The van der Waals surface area contributed by atoms with E-state index in [0.717, 1.165) is 5.56 Å². The third kappa shape index (κ3) is 2.60. The van der Waals surface area contributed by atoms with Crippen molar-refractivity contribution in [3.8, 4) is 0 Å². The van der Waals surface area contributed by atoms with E-state index >= 15 is 0 Å². The third-order valence-electron chi connectivity index (χ3n) is 2.79. The lowest BCUT2D eigenvalue weighted by Gasteiger charge is -2.16. The zero-order valence-corrected chi connectivity index (χ0v) is 10.1. The summed E-state index contributed by atoms with van der Waals surface area (Å²) >= 11 is 0. The van der Waals surface area contributed by atoms with Gasteiger partial charge in [0.05, 0.1) is 24.5 Å². The summed E-state index contributed by atoms with van der Waals surface area (Å²) in [5.41, 5.74) is 1.36. The van der Waals surface area contributed by atoms with E-state index in [1.54, 1.807) is 13.0 Å². The number of nitrogens with one attached hydrogen (secondary N) is 1. The number of furan rings is 1. The number of aliphatic hydroxyl groups is 1. The monoisotopic (exact) mass is 245 g/mol. The van der Waals surface area contributed by atoms with Crippen LogP contribution in [0.5, 0.6) is 0 Å². The van der Waals surface area contributed by atoms with Crippen molar-refractivity contribution in [1.82, 2.24) is 5.32 Å². The highest BCUT2D eigenvalue weighted by Crippen LogP contribution is 2.14. The Bertz CT molecular complexity index is 519. The Balaban J connectivity index is 2.13. The molecule has 1 aromatic heterocycles. The van der Waals surface area contributed by atoms with Crippen LogP contribution in [0.1, 0.15) is 27.7 Å². The van der Waals surface area contributed by atoms with Gasteiger partial charge in [0.15, 0.2) is 0 Å². The molecule has 4 nitrogen and oxygen atoms in total. The first-order valence-corrected chi connectivity index (χ1v) is 5.73. The molecule has 18 heavy (non-hydrogen) atoms. The van der Waals surface area contributed by atoms with Crippen molar-refractivity contribution in [2.24, 2.45) is 0 Å². The molecule has 0 aliphatic rings. The highest BCUT2D eigenvalue weighted by molar-refractivity contribution is 5.95. The van der Waals surface area contributed by atoms with Crippen LogP contribution in [0, 0.1) is 6.92 Å². The van der Waals surface area contributed by atoms with E-state index in [0.29, 0.717) is 11.3 Å². The zero-order valence-electron chi connectivity index (χ0n) is 10.1. The van der Waals surface area contributed by atoms with Crippen molar-refractivity contribution in [3.63, 3.8) is 0 Å². The number of rotatable bonds is 4. The number of carbonyl (C=O) groups excluding carboxylic acids is 1. The largest absolute Gasteiger partial charge is 0.469 e. The van der Waals surface area contributed by atoms with E-state index in [2.05, 4.69) is 5.32 Å². The maximum Gasteiger partial charge on any atom is 0.255 e. The Morgan fingerprint density at radius 1 is 1.33 bits per heavy atom. The van der Waals surface area contributed by atoms with Gasteiger partial charge in [-0.15, -0.1) is 0 Å². The van der Waals surface area contributed by atoms with E-state index in [4.69, 9.17) is 4.42 Å². The smallest absolute Gasteiger partial charge is 0.255 e. The minimum absolute atomic E-state index is 0.146. The molecule has 0 spiro atoms. The van der Waals surface area contributed by atoms with Crippen LogP contribution in [0.3, 0.4) is 0 Å². The molecule has 0 saturated carbocycles. The topological polar surface area (TPSA) is 62.5 Å². The maximum atomic E-state index is 12.0. The number of hydrogen-bond donors (Lipinski definition) is 2. The molecule has 0 radical (unpaired) electrons. The predicted octanol–water partition coefficient (Wildman–Crippen LogP) is 2.05. The van der Waals surface area contributed by atoms with E-state index in [1.807, 2.05) is 30.3 Å². The second-order valence-corrected chi connectivity index (χ2v) is 4.01. The summed E-state index contributed by atoms with van der Waals surface area (Å²) in [6.07, 6.45) is 1.47. The molecular formula is C14H15NO3. The fourth-order valence-electron chi connectivity index (χ4n) is 1.78. The fraction of sp³-hybridized carbons (Fsp3) is 0.214. The van der Waals surface area contributed by atoms with Gasteiger partial charge in [-0.25, -0.2) is 0 Å². The first-order chi connectivity index (χ1) is 8.72. The number of benzene rings is 1. The molecule has 0 bridgehead atoms. The molecule has 0 fully saturated rings. The predicted molar refractivity (Wildman–Crippen MR) is 67.2 cm³/mol. The summed E-state index contributed by atoms with van der Waals surface area (Å²) in [5, 5.41) is 12.1. The van der Waals surface area contributed by atoms with Crippen LogP contribution in [-0.2, 0) is 0 Å². The molecule has 0 unspecified atom stereocenters. The van der Waals surface area contributed by atoms with Crippen LogP contribution in [-0.4, -0.2) is 17.6 Å². The second-order valence-electron chi connectivity index (χ2n) is 4.01. The molecule has 2 N–H and O–H groups in total. The maximum absolute atomic E-state index is 12.0. The van der Waals surface area contributed by atoms with Crippen LogP contribution < -0.4 is 5.32 Å². The number of amides is 1. The molecule has 1 aromatic carbocycles. The van der Waals surface area contributed by atoms with Gasteiger partial charge in [-0.05, 0) is 18.6 Å². The Labute approximate surface area is 105 Å². The van der Waals surface area contributed by atoms with E-state index in [1.165, 1.54) is 6.26 Å². The van der Waals surface area contributed by atoms with Gasteiger partial charge in [-0.1, -0.05) is 30.3 Å². The molecule has 1 amide bonds. The van der Waals surface area contributed by atoms with Gasteiger partial charge in [0.2, 0.25) is 0 Å². The molecule has 2 rings (SSSR count). The van der Waals surface area contributed by atoms with Gasteiger partial charge >= 0.3 is 0 Å². The minimum atomic E-state index is -0.409. The lowest BCUT2D eigenvalue weighted by molar-refractivity contribution is 0.0914. The zero-order chi connectivity index (χ0) is 13.0. The van der Waals surface area contributed by atoms with Crippen molar-refractivity contribution in [3.05, 3.63) is 59.5 Å². The summed E-state index contributed by atoms with van der Waals surface area (Å²) in [5.74, 6) is 0.321. The number of aryl methyl sites for hydroxylation is 1. The van der Waals surface area contributed by atoms with Crippen LogP contribution in [0.15, 0.2) is 47.1 Å². The van der Waals surface area contributed by atoms with Gasteiger partial charge in [-0.2, -0.15) is 0 Å². The quantitative estimate of drug-likeness (QED) is 0.866. The van der Waals surface area contributed by atoms with Crippen molar-refractivity contribution in [2.45, 2.75) is 13.0 Å². The molecule has 0 saturated heterocycles. The van der Waals surface area contributed by atoms with Crippen molar-refractivity contribution in [1.29, 1.82) is 0 Å². The Hall–Kier alpha value is -2.07. The SMILES string of the molecule is Cc1occc1C(=O)N[C@@H](CO)c1ccccc1. The first kappa shape index (κ1) is 12.4. The van der Waals surface area contributed by atoms with Crippen LogP contribution in [0.4, 0.5) is 0 Å². The average Bonchev–Trinajstić information content (AvgIpc) is 2.83. The standard InChI is InChI=1S/C14H15NO3/c1-10-12(7-8-18-10)14(17)15-13(9-16)11-5-3-2-4-6-11/h2-8,13,16H,9H2,1H3,(H,15,17)/t13-/m0/s1. The van der Waals surface area contributed by atoms with E-state index < -0.39 is 6.04 Å².